The third-order valence-corrected chi connectivity index (χ3v) is 14.6. The lowest BCUT2D eigenvalue weighted by Crippen LogP contribution is -2.44. The van der Waals surface area contributed by atoms with Crippen LogP contribution in [0.4, 0.5) is 9.59 Å². The number of hydrogen-bond acceptors (Lipinski definition) is 10. The lowest BCUT2D eigenvalue weighted by molar-refractivity contribution is 0.0924. The highest BCUT2D eigenvalue weighted by molar-refractivity contribution is 6.31. The third-order valence-electron chi connectivity index (χ3n) is 13.9. The van der Waals surface area contributed by atoms with Crippen LogP contribution in [0.15, 0.2) is 84.9 Å². The first-order valence-electron chi connectivity index (χ1n) is 25.8. The Hall–Kier alpha value is -5.19. The number of alkyl halides is 1. The number of halogens is 3. The number of H-pyrrole nitrogens is 2. The number of carbonyl (C=O) groups excluding carboxylic acids is 2. The minimum absolute atomic E-state index is 0.284. The van der Waals surface area contributed by atoms with E-state index in [1.54, 1.807) is 4.90 Å². The molecule has 2 aromatic heterocycles. The third kappa shape index (κ3) is 13.8. The van der Waals surface area contributed by atoms with Crippen molar-refractivity contribution in [2.45, 2.75) is 51.6 Å². The SMILES string of the molecule is CCOC(=O)N1CCc2c([nH]c3ccc(Cl)cc23)C1c1cccc(OCCCCl)c1.CCOC(=O)N1CCc2c([nH]c3ccc(Cl)cc23)C1c1cccc(OCCCN2CCN(C)CC2)c1.CN1CCNCC1. The Morgan fingerprint density at radius 3 is 1.53 bits per heavy atom. The molecule has 3 N–H and O–H groups in total. The fourth-order valence-electron chi connectivity index (χ4n) is 10.1. The lowest BCUT2D eigenvalue weighted by Gasteiger charge is -2.35. The van der Waals surface area contributed by atoms with Crippen molar-refractivity contribution >= 4 is 68.8 Å². The molecule has 0 aliphatic carbocycles. The monoisotopic (exact) mass is 1060 g/mol. The zero-order valence-electron chi connectivity index (χ0n) is 42.7. The van der Waals surface area contributed by atoms with Crippen LogP contribution in [0, 0.1) is 0 Å². The van der Waals surface area contributed by atoms with Gasteiger partial charge in [-0.05, 0) is 137 Å². The molecular weight excluding hydrogens is 987 g/mol. The molecule has 4 aliphatic heterocycles. The Kier molecular flexibility index (Phi) is 19.5. The minimum atomic E-state index is -0.321. The molecule has 2 unspecified atom stereocenters. The number of piperazine rings is 2. The molecule has 0 radical (unpaired) electrons. The number of hydrogen-bond donors (Lipinski definition) is 3. The molecule has 2 amide bonds. The van der Waals surface area contributed by atoms with Crippen LogP contribution in [0.2, 0.25) is 10.0 Å². The van der Waals surface area contributed by atoms with Crippen molar-refractivity contribution in [2.75, 3.05) is 118 Å². The molecule has 2 atom stereocenters. The number of amides is 2. The summed E-state index contributed by atoms with van der Waals surface area (Å²) in [7, 11) is 4.33. The van der Waals surface area contributed by atoms with Crippen molar-refractivity contribution < 1.29 is 28.5 Å². The smallest absolute Gasteiger partial charge is 0.410 e. The van der Waals surface area contributed by atoms with Gasteiger partial charge in [0.25, 0.3) is 0 Å². The number of nitrogens with one attached hydrogen (secondary N) is 3. The molecule has 392 valence electrons. The van der Waals surface area contributed by atoms with Gasteiger partial charge in [-0.2, -0.15) is 0 Å². The van der Waals surface area contributed by atoms with Gasteiger partial charge in [0.1, 0.15) is 23.6 Å². The molecule has 17 heteroatoms. The molecule has 6 heterocycles. The number of nitrogens with zero attached hydrogens (tertiary/aromatic N) is 5. The highest BCUT2D eigenvalue weighted by Crippen LogP contribution is 2.42. The second-order valence-electron chi connectivity index (χ2n) is 18.9. The van der Waals surface area contributed by atoms with E-state index in [1.165, 1.54) is 24.2 Å². The molecule has 2 saturated heterocycles. The Morgan fingerprint density at radius 2 is 1.08 bits per heavy atom. The van der Waals surface area contributed by atoms with Crippen LogP contribution < -0.4 is 14.8 Å². The number of aromatic nitrogens is 2. The van der Waals surface area contributed by atoms with E-state index < -0.39 is 0 Å². The molecule has 2 fully saturated rings. The van der Waals surface area contributed by atoms with Gasteiger partial charge >= 0.3 is 12.2 Å². The maximum atomic E-state index is 13.0. The maximum absolute atomic E-state index is 13.0. The van der Waals surface area contributed by atoms with Crippen LogP contribution in [-0.4, -0.2) is 165 Å². The molecular formula is C56H71Cl3N8O6. The van der Waals surface area contributed by atoms with E-state index in [0.29, 0.717) is 55.4 Å². The van der Waals surface area contributed by atoms with Crippen molar-refractivity contribution in [2.24, 2.45) is 0 Å². The number of likely N-dealkylation sites (N-methyl/N-ethyl adjacent to an activating group) is 2. The highest BCUT2D eigenvalue weighted by Gasteiger charge is 2.37. The summed E-state index contributed by atoms with van der Waals surface area (Å²) in [5, 5.41) is 6.89. The van der Waals surface area contributed by atoms with E-state index in [9.17, 15) is 9.59 Å². The summed E-state index contributed by atoms with van der Waals surface area (Å²) in [6.07, 6.45) is 2.61. The van der Waals surface area contributed by atoms with Crippen molar-refractivity contribution in [3.05, 3.63) is 129 Å². The molecule has 0 spiro atoms. The highest BCUT2D eigenvalue weighted by atomic mass is 35.5. The standard InChI is InChI=1S/C28H35ClN4O3.C23H24Cl2N2O3.C5H12N2/c1-3-35-28(34)33-12-10-23-24-19-21(29)8-9-25(24)30-26(23)27(33)20-6-4-7-22(18-20)36-17-5-11-32-15-13-31(2)14-16-32;1-2-29-23(28)27-11-9-18-19-14-16(25)7-8-20(19)26-21(18)22(27)15-5-3-6-17(13-15)30-12-4-10-24;1-7-4-2-6-3-5-7/h4,6-9,18-19,27,30H,3,5,10-17H2,1-2H3;3,5-8,13-14,22,26H,2,4,9-12H2,1H3;6H,2-5H2,1H3. The summed E-state index contributed by atoms with van der Waals surface area (Å²) in [4.78, 5) is 43.6. The summed E-state index contributed by atoms with van der Waals surface area (Å²) in [6.45, 7) is 17.0. The van der Waals surface area contributed by atoms with E-state index >= 15 is 0 Å². The average molecular weight is 1060 g/mol. The quantitative estimate of drug-likeness (QED) is 0.0759. The van der Waals surface area contributed by atoms with E-state index in [-0.39, 0.29) is 24.3 Å². The fraction of sp³-hybridized carbons (Fsp3) is 0.464. The van der Waals surface area contributed by atoms with E-state index in [4.69, 9.17) is 53.8 Å². The molecule has 4 aromatic carbocycles. The normalized spacial score (nSPS) is 18.2. The first-order chi connectivity index (χ1) is 35.5. The number of rotatable bonds is 13. The predicted molar refractivity (Wildman–Crippen MR) is 293 cm³/mol. The van der Waals surface area contributed by atoms with Crippen LogP contribution in [0.5, 0.6) is 11.5 Å². The van der Waals surface area contributed by atoms with E-state index in [0.717, 1.165) is 127 Å². The lowest BCUT2D eigenvalue weighted by atomic mass is 9.92. The molecule has 4 aliphatic rings. The summed E-state index contributed by atoms with van der Waals surface area (Å²) in [5.41, 5.74) is 8.39. The van der Waals surface area contributed by atoms with Crippen molar-refractivity contribution in [1.29, 1.82) is 0 Å². The molecule has 0 saturated carbocycles. The molecule has 10 rings (SSSR count). The summed E-state index contributed by atoms with van der Waals surface area (Å²) in [6, 6.07) is 27.1. The summed E-state index contributed by atoms with van der Waals surface area (Å²) < 4.78 is 22.8. The number of fused-ring (bicyclic) bond motifs is 6. The van der Waals surface area contributed by atoms with Crippen LogP contribution in [0.25, 0.3) is 21.8 Å². The van der Waals surface area contributed by atoms with Crippen LogP contribution >= 0.6 is 34.8 Å². The first kappa shape index (κ1) is 54.1. The zero-order valence-corrected chi connectivity index (χ0v) is 45.0. The van der Waals surface area contributed by atoms with Gasteiger partial charge in [0.05, 0.1) is 26.4 Å². The molecule has 6 aromatic rings. The minimum Gasteiger partial charge on any atom is -0.494 e. The molecule has 14 nitrogen and oxygen atoms in total. The van der Waals surface area contributed by atoms with Gasteiger partial charge in [-0.15, -0.1) is 11.6 Å². The summed E-state index contributed by atoms with van der Waals surface area (Å²) >= 11 is 18.3. The Labute approximate surface area is 445 Å². The summed E-state index contributed by atoms with van der Waals surface area (Å²) in [5.74, 6) is 2.13. The fourth-order valence-corrected chi connectivity index (χ4v) is 10.6. The van der Waals surface area contributed by atoms with Gasteiger partial charge in [0.15, 0.2) is 0 Å². The van der Waals surface area contributed by atoms with Gasteiger partial charge in [-0.25, -0.2) is 9.59 Å². The number of aromatic amines is 2. The van der Waals surface area contributed by atoms with Crippen molar-refractivity contribution in [3.8, 4) is 11.5 Å². The topological polar surface area (TPSA) is 131 Å². The van der Waals surface area contributed by atoms with Crippen molar-refractivity contribution in [1.82, 2.24) is 39.8 Å². The van der Waals surface area contributed by atoms with Crippen LogP contribution in [0.3, 0.4) is 0 Å². The largest absolute Gasteiger partial charge is 0.494 e. The number of ether oxygens (including phenoxy) is 4. The van der Waals surface area contributed by atoms with Crippen LogP contribution in [0.1, 0.15) is 72.4 Å². The average Bonchev–Trinajstić information content (AvgIpc) is 3.96. The Balaban J connectivity index is 0.000000174. The first-order valence-corrected chi connectivity index (χ1v) is 27.1. The van der Waals surface area contributed by atoms with Crippen LogP contribution in [-0.2, 0) is 22.3 Å². The number of benzene rings is 4. The van der Waals surface area contributed by atoms with E-state index in [2.05, 4.69) is 56.2 Å². The van der Waals surface area contributed by atoms with Gasteiger partial charge in [0.2, 0.25) is 0 Å². The number of carbonyl (C=O) groups is 2. The Bertz CT molecular complexity index is 2760. The zero-order chi connectivity index (χ0) is 51.3. The second-order valence-corrected chi connectivity index (χ2v) is 20.2. The van der Waals surface area contributed by atoms with Crippen molar-refractivity contribution in [3.63, 3.8) is 0 Å². The predicted octanol–water partition coefficient (Wildman–Crippen LogP) is 10.4. The molecule has 73 heavy (non-hydrogen) atoms. The molecule has 0 bridgehead atoms. The Morgan fingerprint density at radius 1 is 0.603 bits per heavy atom. The second kappa shape index (κ2) is 26.3. The van der Waals surface area contributed by atoms with E-state index in [1.807, 2.05) is 91.5 Å². The van der Waals surface area contributed by atoms with Gasteiger partial charge in [0, 0.05) is 121 Å². The van der Waals surface area contributed by atoms with Gasteiger partial charge < -0.3 is 48.9 Å². The maximum Gasteiger partial charge on any atom is 0.410 e. The van der Waals surface area contributed by atoms with Gasteiger partial charge in [-0.3, -0.25) is 9.80 Å². The van der Waals surface area contributed by atoms with Gasteiger partial charge in [-0.1, -0.05) is 47.5 Å².